The fraction of sp³-hybridized carbons (Fsp3) is 0.545. The first-order valence-corrected chi connectivity index (χ1v) is 12.9. The quantitative estimate of drug-likeness (QED) is 0.174. The van der Waals surface area contributed by atoms with Crippen molar-refractivity contribution in [3.05, 3.63) is 12.7 Å². The highest BCUT2D eigenvalue weighted by Gasteiger charge is 2.53. The minimum Gasteiger partial charge on any atom is -0.394 e. The fourth-order valence-corrected chi connectivity index (χ4v) is 5.25. The van der Waals surface area contributed by atoms with Gasteiger partial charge in [-0.1, -0.05) is 0 Å². The lowest BCUT2D eigenvalue weighted by atomic mass is 9.96. The largest absolute Gasteiger partial charge is 0.490 e. The van der Waals surface area contributed by atoms with Gasteiger partial charge in [-0.25, -0.2) is 28.6 Å². The van der Waals surface area contributed by atoms with Crippen molar-refractivity contribution in [1.82, 2.24) is 19.5 Å². The van der Waals surface area contributed by atoms with Crippen LogP contribution in [0.25, 0.3) is 11.2 Å². The molecule has 1 aliphatic heterocycles. The van der Waals surface area contributed by atoms with Gasteiger partial charge in [-0.05, 0) is 6.92 Å². The molecule has 4 atom stereocenters. The van der Waals surface area contributed by atoms with Crippen LogP contribution >= 0.6 is 23.5 Å². The van der Waals surface area contributed by atoms with Crippen molar-refractivity contribution in [2.24, 2.45) is 0 Å². The van der Waals surface area contributed by atoms with Gasteiger partial charge in [0.25, 0.3) is 0 Å². The summed E-state index contributed by atoms with van der Waals surface area (Å²) in [4.78, 5) is 52.2. The van der Waals surface area contributed by atoms with Gasteiger partial charge in [-0.15, -0.1) is 0 Å². The predicted molar refractivity (Wildman–Crippen MR) is 103 cm³/mol. The van der Waals surface area contributed by atoms with Gasteiger partial charge in [0.2, 0.25) is 0 Å². The summed E-state index contributed by atoms with van der Waals surface area (Å²) < 4.78 is 43.3. The van der Waals surface area contributed by atoms with Crippen molar-refractivity contribution in [2.75, 3.05) is 12.3 Å². The van der Waals surface area contributed by atoms with E-state index in [0.29, 0.717) is 11.2 Å². The topological polar surface area (TPSA) is 310 Å². The van der Waals surface area contributed by atoms with E-state index in [1.54, 1.807) is 0 Å². The van der Waals surface area contributed by atoms with Gasteiger partial charge in [-0.2, -0.15) is 8.62 Å². The van der Waals surface area contributed by atoms with E-state index >= 15 is 0 Å². The lowest BCUT2D eigenvalue weighted by Gasteiger charge is -2.27. The second-order valence-corrected chi connectivity index (χ2v) is 10.8. The number of aromatic nitrogens is 4. The SMILES string of the molecule is C[C@@]1(O)[C@H](O)[C@@H](CO)O[C@H]1n1cnc2c(N)ncnc21.O=P(O)(O)OP(=O)(O)OP(=O)(O)O. The number of phosphoric acid groups is 3. The summed E-state index contributed by atoms with van der Waals surface area (Å²) in [7, 11) is -16.2. The molecule has 0 radical (unpaired) electrons. The van der Waals surface area contributed by atoms with Gasteiger partial charge in [0.15, 0.2) is 17.7 Å². The number of fused-ring (bicyclic) bond motifs is 1. The van der Waals surface area contributed by atoms with Crippen LogP contribution in [0.2, 0.25) is 0 Å². The third-order valence-electron chi connectivity index (χ3n) is 3.99. The summed E-state index contributed by atoms with van der Waals surface area (Å²) in [6.07, 6.45) is -0.365. The second-order valence-electron chi connectivity index (χ2n) is 6.58. The first-order valence-electron chi connectivity index (χ1n) is 8.34. The second kappa shape index (κ2) is 9.69. The molecule has 10 N–H and O–H groups in total. The molecule has 1 fully saturated rings. The Labute approximate surface area is 183 Å². The zero-order valence-corrected chi connectivity index (χ0v) is 19.0. The maximum Gasteiger partial charge on any atom is 0.490 e. The molecule has 0 aromatic carbocycles. The molecule has 0 bridgehead atoms. The first-order chi connectivity index (χ1) is 14.9. The Morgan fingerprint density at radius 2 is 1.67 bits per heavy atom. The van der Waals surface area contributed by atoms with Gasteiger partial charge in [0.05, 0.1) is 12.9 Å². The highest BCUT2D eigenvalue weighted by Crippen LogP contribution is 2.64. The van der Waals surface area contributed by atoms with Crippen molar-refractivity contribution >= 4 is 40.4 Å². The van der Waals surface area contributed by atoms with E-state index in [1.807, 2.05) is 0 Å². The van der Waals surface area contributed by atoms with Crippen LogP contribution in [0.4, 0.5) is 5.82 Å². The lowest BCUT2D eigenvalue weighted by Crippen LogP contribution is -2.44. The number of nitrogens with zero attached hydrogens (tertiary/aromatic N) is 4. The first kappa shape index (κ1) is 27.8. The molecule has 19 nitrogen and oxygen atoms in total. The van der Waals surface area contributed by atoms with Crippen LogP contribution in [-0.4, -0.2) is 83.7 Å². The summed E-state index contributed by atoms with van der Waals surface area (Å²) in [6, 6.07) is 0. The number of imidazole rings is 1. The Morgan fingerprint density at radius 3 is 2.12 bits per heavy atom. The average molecular weight is 539 g/mol. The summed E-state index contributed by atoms with van der Waals surface area (Å²) in [5, 5.41) is 29.6. The summed E-state index contributed by atoms with van der Waals surface area (Å²) in [5.74, 6) is 0.214. The van der Waals surface area contributed by atoms with E-state index in [4.69, 9.17) is 34.9 Å². The van der Waals surface area contributed by atoms with E-state index in [9.17, 15) is 29.0 Å². The van der Waals surface area contributed by atoms with Gasteiger partial charge in [0, 0.05) is 0 Å². The molecule has 1 saturated heterocycles. The lowest BCUT2D eigenvalue weighted by molar-refractivity contribution is -0.0950. The summed E-state index contributed by atoms with van der Waals surface area (Å²) in [5.41, 5.74) is 4.87. The fourth-order valence-electron chi connectivity index (χ4n) is 2.72. The number of aliphatic hydroxyl groups is 3. The predicted octanol–water partition coefficient (Wildman–Crippen LogP) is -2.28. The standard InChI is InChI=1S/C11H15N5O4.H5O10P3/c1-11(19)7(18)5(2-17)20-10(11)16-4-15-6-8(12)13-3-14-9(6)16;1-11(2,3)9-13(7,8)10-12(4,5)6/h3-5,7,10,17-19H,2H2,1H3,(H2,12,13,14);(H,7,8)(H2,1,2,3)(H2,4,5,6)/t5-,7-,10-,11-;/m1./s1. The van der Waals surface area contributed by atoms with Crippen LogP contribution in [0.1, 0.15) is 13.2 Å². The zero-order chi connectivity index (χ0) is 25.4. The Morgan fingerprint density at radius 1 is 1.12 bits per heavy atom. The van der Waals surface area contributed by atoms with Crippen LogP contribution in [-0.2, 0) is 27.1 Å². The molecular formula is C11H20N5O14P3. The number of rotatable bonds is 6. The van der Waals surface area contributed by atoms with Gasteiger partial charge >= 0.3 is 23.5 Å². The normalized spacial score (nSPS) is 26.3. The summed E-state index contributed by atoms with van der Waals surface area (Å²) >= 11 is 0. The molecule has 0 spiro atoms. The molecule has 0 saturated carbocycles. The molecule has 33 heavy (non-hydrogen) atoms. The molecule has 0 aliphatic carbocycles. The molecule has 22 heteroatoms. The van der Waals surface area contributed by atoms with Crippen LogP contribution in [0, 0.1) is 0 Å². The third-order valence-corrected chi connectivity index (χ3v) is 7.35. The number of nitrogens with two attached hydrogens (primary N) is 1. The van der Waals surface area contributed by atoms with E-state index in [-0.39, 0.29) is 5.82 Å². The van der Waals surface area contributed by atoms with Crippen molar-refractivity contribution in [1.29, 1.82) is 0 Å². The zero-order valence-electron chi connectivity index (χ0n) is 16.3. The molecular weight excluding hydrogens is 519 g/mol. The maximum absolute atomic E-state index is 10.4. The molecule has 3 rings (SSSR count). The number of aliphatic hydroxyl groups excluding tert-OH is 2. The van der Waals surface area contributed by atoms with E-state index in [2.05, 4.69) is 23.6 Å². The molecule has 2 aromatic heterocycles. The smallest absolute Gasteiger partial charge is 0.394 e. The van der Waals surface area contributed by atoms with Crippen LogP contribution < -0.4 is 5.73 Å². The van der Waals surface area contributed by atoms with E-state index in [0.717, 1.165) is 0 Å². The Hall–Kier alpha value is -1.40. The number of anilines is 1. The number of hydrogen-bond donors (Lipinski definition) is 9. The Bertz CT molecular complexity index is 1100. The van der Waals surface area contributed by atoms with Gasteiger partial charge in [0.1, 0.15) is 29.7 Å². The van der Waals surface area contributed by atoms with Gasteiger partial charge in [-0.3, -0.25) is 4.57 Å². The molecule has 1 aliphatic rings. The molecule has 188 valence electrons. The van der Waals surface area contributed by atoms with E-state index < -0.39 is 54.1 Å². The highest BCUT2D eigenvalue weighted by molar-refractivity contribution is 7.66. The average Bonchev–Trinajstić information content (AvgIpc) is 3.12. The third kappa shape index (κ3) is 7.05. The number of nitrogen functional groups attached to an aromatic ring is 1. The Balaban J connectivity index is 0.000000260. The minimum atomic E-state index is -5.46. The minimum absolute atomic E-state index is 0.214. The molecule has 2 aromatic rings. The van der Waals surface area contributed by atoms with Crippen molar-refractivity contribution in [3.63, 3.8) is 0 Å². The van der Waals surface area contributed by atoms with Crippen molar-refractivity contribution in [3.8, 4) is 0 Å². The molecule has 0 unspecified atom stereocenters. The van der Waals surface area contributed by atoms with Crippen molar-refractivity contribution in [2.45, 2.75) is 31.0 Å². The van der Waals surface area contributed by atoms with Crippen molar-refractivity contribution < 1.29 is 66.8 Å². The maximum atomic E-state index is 10.4. The van der Waals surface area contributed by atoms with E-state index in [1.165, 1.54) is 24.1 Å². The number of hydrogen-bond acceptors (Lipinski definition) is 13. The number of ether oxygens (including phenoxy) is 1. The molecule has 3 heterocycles. The van der Waals surface area contributed by atoms with Crippen LogP contribution in [0.3, 0.4) is 0 Å². The van der Waals surface area contributed by atoms with Crippen LogP contribution in [0.5, 0.6) is 0 Å². The van der Waals surface area contributed by atoms with Gasteiger partial charge < -0.3 is 50.3 Å². The Kier molecular flexibility index (Phi) is 8.18. The van der Waals surface area contributed by atoms with Crippen LogP contribution in [0.15, 0.2) is 12.7 Å². The highest BCUT2D eigenvalue weighted by atomic mass is 31.3. The summed E-state index contributed by atoms with van der Waals surface area (Å²) in [6.45, 7) is 1.02. The molecule has 0 amide bonds. The monoisotopic (exact) mass is 539 g/mol.